The quantitative estimate of drug-likeness (QED) is 0.836. The molecule has 1 heterocycles. The lowest BCUT2D eigenvalue weighted by Gasteiger charge is -2.14. The Balaban J connectivity index is 1.77. The van der Waals surface area contributed by atoms with Gasteiger partial charge in [0.05, 0.1) is 5.75 Å². The smallest absolute Gasteiger partial charge is 0.239 e. The zero-order valence-electron chi connectivity index (χ0n) is 10.6. The average molecular weight is 334 g/mol. The third kappa shape index (κ3) is 2.54. The molecule has 108 valence electrons. The van der Waals surface area contributed by atoms with Crippen molar-refractivity contribution in [1.82, 2.24) is 4.31 Å². The lowest BCUT2D eigenvalue weighted by atomic mass is 10.1. The molecule has 0 radical (unpaired) electrons. The van der Waals surface area contributed by atoms with Crippen LogP contribution < -0.4 is 0 Å². The van der Waals surface area contributed by atoms with Gasteiger partial charge in [-0.1, -0.05) is 23.2 Å². The van der Waals surface area contributed by atoms with Gasteiger partial charge in [0.2, 0.25) is 15.9 Å². The fourth-order valence-corrected chi connectivity index (χ4v) is 4.77. The molecule has 1 aromatic rings. The van der Waals surface area contributed by atoms with Crippen molar-refractivity contribution in [3.05, 3.63) is 33.8 Å². The minimum atomic E-state index is -3.38. The summed E-state index contributed by atoms with van der Waals surface area (Å²) in [5.74, 6) is -0.463. The normalized spacial score (nSPS) is 27.6. The molecule has 1 aromatic carbocycles. The summed E-state index contributed by atoms with van der Waals surface area (Å²) < 4.78 is 24.5. The van der Waals surface area contributed by atoms with Gasteiger partial charge in [-0.25, -0.2) is 12.7 Å². The van der Waals surface area contributed by atoms with Gasteiger partial charge in [-0.2, -0.15) is 0 Å². The summed E-state index contributed by atoms with van der Waals surface area (Å²) in [6.45, 7) is 0.306. The van der Waals surface area contributed by atoms with Crippen molar-refractivity contribution in [2.75, 3.05) is 12.3 Å². The van der Waals surface area contributed by atoms with Crippen molar-refractivity contribution in [2.24, 2.45) is 5.92 Å². The molecular weight excluding hydrogens is 321 g/mol. The van der Waals surface area contributed by atoms with E-state index in [0.717, 1.165) is 9.87 Å². The third-order valence-corrected chi connectivity index (χ3v) is 6.04. The number of hydrogen-bond donors (Lipinski definition) is 0. The number of hydrogen-bond acceptors (Lipinski definition) is 3. The van der Waals surface area contributed by atoms with Crippen LogP contribution in [0.15, 0.2) is 18.2 Å². The molecule has 1 saturated heterocycles. The highest BCUT2D eigenvalue weighted by molar-refractivity contribution is 7.89. The number of carbonyl (C=O) groups is 1. The molecule has 1 amide bonds. The molecule has 0 aromatic heterocycles. The van der Waals surface area contributed by atoms with Gasteiger partial charge < -0.3 is 0 Å². The minimum Gasteiger partial charge on any atom is -0.273 e. The molecule has 0 unspecified atom stereocenters. The molecule has 2 atom stereocenters. The van der Waals surface area contributed by atoms with E-state index in [1.54, 1.807) is 18.2 Å². The summed E-state index contributed by atoms with van der Waals surface area (Å²) in [4.78, 5) is 12.3. The highest BCUT2D eigenvalue weighted by Gasteiger charge is 2.49. The first-order valence-electron chi connectivity index (χ1n) is 6.39. The molecule has 3 rings (SSSR count). The Hall–Kier alpha value is -0.780. The fourth-order valence-electron chi connectivity index (χ4n) is 2.70. The minimum absolute atomic E-state index is 0.0227. The van der Waals surface area contributed by atoms with Gasteiger partial charge >= 0.3 is 0 Å². The van der Waals surface area contributed by atoms with E-state index < -0.39 is 10.0 Å². The maximum atomic E-state index is 12.3. The van der Waals surface area contributed by atoms with Gasteiger partial charge in [0.25, 0.3) is 0 Å². The predicted molar refractivity (Wildman–Crippen MR) is 77.4 cm³/mol. The van der Waals surface area contributed by atoms with Crippen LogP contribution in [-0.4, -0.2) is 30.9 Å². The Labute approximate surface area is 127 Å². The first kappa shape index (κ1) is 14.2. The molecule has 20 heavy (non-hydrogen) atoms. The van der Waals surface area contributed by atoms with Gasteiger partial charge in [0, 0.05) is 22.5 Å². The highest BCUT2D eigenvalue weighted by atomic mass is 35.5. The molecule has 0 bridgehead atoms. The maximum absolute atomic E-state index is 12.3. The number of nitrogens with zero attached hydrogens (tertiary/aromatic N) is 1. The van der Waals surface area contributed by atoms with Crippen LogP contribution in [0.4, 0.5) is 0 Å². The highest BCUT2D eigenvalue weighted by Crippen LogP contribution is 2.50. The number of rotatable bonds is 2. The zero-order valence-corrected chi connectivity index (χ0v) is 12.9. The number of sulfonamides is 1. The molecule has 1 saturated carbocycles. The van der Waals surface area contributed by atoms with Crippen molar-refractivity contribution in [3.8, 4) is 0 Å². The third-order valence-electron chi connectivity index (χ3n) is 3.77. The van der Waals surface area contributed by atoms with Crippen LogP contribution in [0.2, 0.25) is 10.0 Å². The first-order chi connectivity index (χ1) is 9.38. The monoisotopic (exact) mass is 333 g/mol. The van der Waals surface area contributed by atoms with E-state index in [-0.39, 0.29) is 23.5 Å². The van der Waals surface area contributed by atoms with Crippen LogP contribution in [0, 0.1) is 5.92 Å². The molecule has 1 aliphatic heterocycles. The zero-order chi connectivity index (χ0) is 14.5. The second kappa shape index (κ2) is 4.90. The Morgan fingerprint density at radius 3 is 2.40 bits per heavy atom. The number of amides is 1. The van der Waals surface area contributed by atoms with Gasteiger partial charge in [-0.05, 0) is 42.5 Å². The fraction of sp³-hybridized carbons (Fsp3) is 0.462. The Morgan fingerprint density at radius 2 is 1.85 bits per heavy atom. The van der Waals surface area contributed by atoms with Crippen LogP contribution >= 0.6 is 23.2 Å². The molecule has 0 N–H and O–H groups in total. The number of benzene rings is 1. The molecule has 2 aliphatic rings. The lowest BCUT2D eigenvalue weighted by molar-refractivity contribution is -0.127. The first-order valence-corrected chi connectivity index (χ1v) is 8.75. The summed E-state index contributed by atoms with van der Waals surface area (Å²) >= 11 is 11.9. The summed E-state index contributed by atoms with van der Waals surface area (Å²) in [6.07, 6.45) is 1.18. The molecule has 7 heteroatoms. The van der Waals surface area contributed by atoms with Crippen LogP contribution in [0.25, 0.3) is 0 Å². The van der Waals surface area contributed by atoms with Crippen molar-refractivity contribution in [2.45, 2.75) is 18.8 Å². The second-order valence-electron chi connectivity index (χ2n) is 5.23. The van der Waals surface area contributed by atoms with Gasteiger partial charge in [-0.15, -0.1) is 0 Å². The van der Waals surface area contributed by atoms with Crippen molar-refractivity contribution >= 4 is 39.1 Å². The Bertz CT molecular complexity index is 654. The van der Waals surface area contributed by atoms with E-state index in [1.807, 2.05) is 0 Å². The second-order valence-corrected chi connectivity index (χ2v) is 8.12. The van der Waals surface area contributed by atoms with E-state index in [4.69, 9.17) is 23.2 Å². The Morgan fingerprint density at radius 1 is 1.20 bits per heavy atom. The maximum Gasteiger partial charge on any atom is 0.239 e. The van der Waals surface area contributed by atoms with Crippen LogP contribution in [0.1, 0.15) is 24.3 Å². The van der Waals surface area contributed by atoms with Crippen molar-refractivity contribution < 1.29 is 13.2 Å². The van der Waals surface area contributed by atoms with E-state index in [0.29, 0.717) is 29.4 Å². The van der Waals surface area contributed by atoms with Crippen molar-refractivity contribution in [1.29, 1.82) is 0 Å². The van der Waals surface area contributed by atoms with E-state index in [2.05, 4.69) is 0 Å². The van der Waals surface area contributed by atoms with E-state index in [9.17, 15) is 13.2 Å². The number of halogens is 2. The average Bonchev–Trinajstić information content (AvgIpc) is 3.05. The van der Waals surface area contributed by atoms with Gasteiger partial charge in [0.1, 0.15) is 0 Å². The number of carbonyl (C=O) groups excluding carboxylic acids is 1. The van der Waals surface area contributed by atoms with E-state index in [1.165, 1.54) is 0 Å². The molecule has 2 fully saturated rings. The largest absolute Gasteiger partial charge is 0.273 e. The van der Waals surface area contributed by atoms with Gasteiger partial charge in [-0.3, -0.25) is 4.79 Å². The van der Waals surface area contributed by atoms with Gasteiger partial charge in [0.15, 0.2) is 0 Å². The molecular formula is C13H13Cl2NO3S. The summed E-state index contributed by atoms with van der Waals surface area (Å²) in [6, 6.07) is 5.20. The van der Waals surface area contributed by atoms with Crippen LogP contribution in [0.5, 0.6) is 0 Å². The standard InChI is InChI=1S/C13H13Cl2NO3S/c14-9-4-8(5-10(15)6-9)11-7-12(11)13(17)16-2-1-3-20(16,18)19/h4-6,11-12H,1-3,7H2/t11-,12+/m1/s1. The lowest BCUT2D eigenvalue weighted by Crippen LogP contribution is -2.34. The predicted octanol–water partition coefficient (Wildman–Crippen LogP) is 2.66. The summed E-state index contributed by atoms with van der Waals surface area (Å²) in [5, 5.41) is 1.05. The summed E-state index contributed by atoms with van der Waals surface area (Å²) in [5.41, 5.74) is 0.900. The summed E-state index contributed by atoms with van der Waals surface area (Å²) in [7, 11) is -3.38. The molecule has 1 aliphatic carbocycles. The topological polar surface area (TPSA) is 54.5 Å². The van der Waals surface area contributed by atoms with Crippen LogP contribution in [0.3, 0.4) is 0 Å². The SMILES string of the molecule is O=C([C@H]1C[C@@H]1c1cc(Cl)cc(Cl)c1)N1CCCS1(=O)=O. The van der Waals surface area contributed by atoms with Crippen molar-refractivity contribution in [3.63, 3.8) is 0 Å². The Kier molecular flexibility index (Phi) is 3.47. The molecule has 4 nitrogen and oxygen atoms in total. The van der Waals surface area contributed by atoms with Crippen LogP contribution in [-0.2, 0) is 14.8 Å². The van der Waals surface area contributed by atoms with E-state index >= 15 is 0 Å². The molecule has 0 spiro atoms.